The fourth-order valence-electron chi connectivity index (χ4n) is 2.05. The van der Waals surface area contributed by atoms with Crippen LogP contribution >= 0.6 is 11.3 Å². The summed E-state index contributed by atoms with van der Waals surface area (Å²) in [5.74, 6) is -0.370. The van der Waals surface area contributed by atoms with Crippen molar-refractivity contribution in [2.75, 3.05) is 13.7 Å². The first-order chi connectivity index (χ1) is 9.69. The second-order valence-corrected chi connectivity index (χ2v) is 5.35. The molecule has 0 spiro atoms. The Kier molecular flexibility index (Phi) is 3.23. The standard InChI is InChI=1S/C14H12N2O3S/c1-19-13(18)10-4-2-9(3-5-10)8-11-12(17)16-7-6-15-14(16)20-11/h2-5,8H,6-7H2,1H3/b11-8-. The Hall–Kier alpha value is -2.21. The fraction of sp³-hybridized carbons (Fsp3) is 0.214. The van der Waals surface area contributed by atoms with Gasteiger partial charge in [0.15, 0.2) is 4.80 Å². The van der Waals surface area contributed by atoms with E-state index in [1.165, 1.54) is 18.4 Å². The van der Waals surface area contributed by atoms with Crippen LogP contribution in [-0.4, -0.2) is 24.2 Å². The highest BCUT2D eigenvalue weighted by Gasteiger charge is 2.09. The number of ether oxygens (including phenoxy) is 1. The summed E-state index contributed by atoms with van der Waals surface area (Å²) in [5.41, 5.74) is 1.36. The van der Waals surface area contributed by atoms with Gasteiger partial charge in [-0.05, 0) is 23.8 Å². The molecule has 1 aliphatic heterocycles. The lowest BCUT2D eigenvalue weighted by atomic mass is 10.1. The quantitative estimate of drug-likeness (QED) is 0.740. The highest BCUT2D eigenvalue weighted by molar-refractivity contribution is 7.07. The maximum atomic E-state index is 12.1. The highest BCUT2D eigenvalue weighted by atomic mass is 32.1. The van der Waals surface area contributed by atoms with Gasteiger partial charge in [-0.1, -0.05) is 23.5 Å². The molecule has 1 aliphatic rings. The Bertz CT molecular complexity index is 831. The Morgan fingerprint density at radius 1 is 1.40 bits per heavy atom. The molecule has 0 amide bonds. The largest absolute Gasteiger partial charge is 0.465 e. The number of methoxy groups -OCH3 is 1. The van der Waals surface area contributed by atoms with E-state index in [0.29, 0.717) is 23.2 Å². The molecule has 2 heterocycles. The summed E-state index contributed by atoms with van der Waals surface area (Å²) in [5, 5.41) is 0. The lowest BCUT2D eigenvalue weighted by molar-refractivity contribution is 0.0601. The van der Waals surface area contributed by atoms with E-state index in [2.05, 4.69) is 9.73 Å². The zero-order valence-electron chi connectivity index (χ0n) is 10.8. The summed E-state index contributed by atoms with van der Waals surface area (Å²) >= 11 is 1.40. The zero-order chi connectivity index (χ0) is 14.1. The van der Waals surface area contributed by atoms with Crippen molar-refractivity contribution in [3.05, 3.63) is 55.1 Å². The predicted molar refractivity (Wildman–Crippen MR) is 75.6 cm³/mol. The number of carbonyl (C=O) groups excluding carboxylic acids is 1. The van der Waals surface area contributed by atoms with Crippen molar-refractivity contribution in [1.29, 1.82) is 0 Å². The number of hydrogen-bond acceptors (Lipinski definition) is 5. The third kappa shape index (κ3) is 2.18. The van der Waals surface area contributed by atoms with Gasteiger partial charge in [0.25, 0.3) is 5.56 Å². The summed E-state index contributed by atoms with van der Waals surface area (Å²) in [4.78, 5) is 28.5. The number of aromatic nitrogens is 1. The molecule has 5 nitrogen and oxygen atoms in total. The number of thiazole rings is 1. The maximum absolute atomic E-state index is 12.1. The minimum absolute atomic E-state index is 0.00305. The summed E-state index contributed by atoms with van der Waals surface area (Å²) in [7, 11) is 1.35. The molecule has 20 heavy (non-hydrogen) atoms. The molecule has 3 rings (SSSR count). The van der Waals surface area contributed by atoms with E-state index in [9.17, 15) is 9.59 Å². The van der Waals surface area contributed by atoms with Crippen LogP contribution in [-0.2, 0) is 11.3 Å². The maximum Gasteiger partial charge on any atom is 0.337 e. The summed E-state index contributed by atoms with van der Waals surface area (Å²) < 4.78 is 7.00. The average Bonchev–Trinajstić information content (AvgIpc) is 3.03. The third-order valence-corrected chi connectivity index (χ3v) is 4.13. The van der Waals surface area contributed by atoms with Crippen LogP contribution in [0.4, 0.5) is 0 Å². The lowest BCUT2D eigenvalue weighted by Gasteiger charge is -1.98. The van der Waals surface area contributed by atoms with Gasteiger partial charge in [0.05, 0.1) is 23.8 Å². The first-order valence-corrected chi connectivity index (χ1v) is 6.95. The number of esters is 1. The molecule has 0 bridgehead atoms. The summed E-state index contributed by atoms with van der Waals surface area (Å²) in [6.45, 7) is 1.36. The number of rotatable bonds is 2. The van der Waals surface area contributed by atoms with Crippen molar-refractivity contribution in [1.82, 2.24) is 4.57 Å². The van der Waals surface area contributed by atoms with Gasteiger partial charge in [0.2, 0.25) is 0 Å². The minimum Gasteiger partial charge on any atom is -0.465 e. The Morgan fingerprint density at radius 3 is 2.80 bits per heavy atom. The predicted octanol–water partition coefficient (Wildman–Crippen LogP) is 0.158. The van der Waals surface area contributed by atoms with Crippen molar-refractivity contribution < 1.29 is 9.53 Å². The smallest absolute Gasteiger partial charge is 0.337 e. The monoisotopic (exact) mass is 288 g/mol. The molecule has 2 aromatic rings. The van der Waals surface area contributed by atoms with Crippen LogP contribution in [0.25, 0.3) is 6.08 Å². The van der Waals surface area contributed by atoms with Crippen molar-refractivity contribution in [3.8, 4) is 0 Å². The van der Waals surface area contributed by atoms with Gasteiger partial charge in [-0.3, -0.25) is 14.4 Å². The number of fused-ring (bicyclic) bond motifs is 1. The van der Waals surface area contributed by atoms with Crippen LogP contribution in [0.2, 0.25) is 0 Å². The molecule has 1 aromatic heterocycles. The topological polar surface area (TPSA) is 60.7 Å². The molecular weight excluding hydrogens is 276 g/mol. The van der Waals surface area contributed by atoms with E-state index in [0.717, 1.165) is 10.4 Å². The number of carbonyl (C=O) groups is 1. The molecule has 0 N–H and O–H groups in total. The third-order valence-electron chi connectivity index (χ3n) is 3.09. The molecule has 0 saturated carbocycles. The average molecular weight is 288 g/mol. The molecule has 1 aromatic carbocycles. The van der Waals surface area contributed by atoms with E-state index in [4.69, 9.17) is 0 Å². The van der Waals surface area contributed by atoms with Crippen molar-refractivity contribution in [3.63, 3.8) is 0 Å². The van der Waals surface area contributed by atoms with E-state index < -0.39 is 0 Å². The minimum atomic E-state index is -0.370. The van der Waals surface area contributed by atoms with Gasteiger partial charge < -0.3 is 4.74 Å². The molecule has 0 unspecified atom stereocenters. The van der Waals surface area contributed by atoms with Crippen LogP contribution in [0.1, 0.15) is 15.9 Å². The van der Waals surface area contributed by atoms with E-state index in [1.54, 1.807) is 28.8 Å². The van der Waals surface area contributed by atoms with Gasteiger partial charge in [-0.15, -0.1) is 0 Å². The second kappa shape index (κ2) is 5.05. The highest BCUT2D eigenvalue weighted by Crippen LogP contribution is 2.06. The van der Waals surface area contributed by atoms with Gasteiger partial charge in [-0.25, -0.2) is 4.79 Å². The van der Waals surface area contributed by atoms with Crippen molar-refractivity contribution >= 4 is 23.4 Å². The lowest BCUT2D eigenvalue weighted by Crippen LogP contribution is -2.29. The molecule has 0 saturated heterocycles. The first-order valence-electron chi connectivity index (χ1n) is 6.13. The number of benzene rings is 1. The Labute approximate surface area is 118 Å². The number of hydrogen-bond donors (Lipinski definition) is 0. The van der Waals surface area contributed by atoms with E-state index in [1.807, 2.05) is 6.08 Å². The van der Waals surface area contributed by atoms with Crippen LogP contribution in [0, 0.1) is 0 Å². The van der Waals surface area contributed by atoms with Gasteiger partial charge in [0.1, 0.15) is 0 Å². The summed E-state index contributed by atoms with van der Waals surface area (Å²) in [6, 6.07) is 6.94. The first kappa shape index (κ1) is 12.8. The molecule has 102 valence electrons. The van der Waals surface area contributed by atoms with Crippen molar-refractivity contribution in [2.45, 2.75) is 6.54 Å². The van der Waals surface area contributed by atoms with Crippen LogP contribution in [0.3, 0.4) is 0 Å². The second-order valence-electron chi connectivity index (χ2n) is 4.35. The number of nitrogens with zero attached hydrogens (tertiary/aromatic N) is 2. The van der Waals surface area contributed by atoms with Crippen LogP contribution < -0.4 is 14.9 Å². The Morgan fingerprint density at radius 2 is 2.15 bits per heavy atom. The van der Waals surface area contributed by atoms with E-state index in [-0.39, 0.29) is 11.5 Å². The van der Waals surface area contributed by atoms with Gasteiger partial charge in [0, 0.05) is 6.54 Å². The SMILES string of the molecule is COC(=O)c1ccc(/C=c2\sc3n(c2=O)CCN=3)cc1. The normalized spacial score (nSPS) is 13.9. The zero-order valence-corrected chi connectivity index (χ0v) is 11.6. The molecule has 0 atom stereocenters. The molecule has 0 fully saturated rings. The molecule has 6 heteroatoms. The van der Waals surface area contributed by atoms with Gasteiger partial charge >= 0.3 is 5.97 Å². The van der Waals surface area contributed by atoms with Crippen molar-refractivity contribution in [2.24, 2.45) is 4.99 Å². The summed E-state index contributed by atoms with van der Waals surface area (Å²) in [6.07, 6.45) is 1.81. The molecule has 0 radical (unpaired) electrons. The van der Waals surface area contributed by atoms with Crippen LogP contribution in [0.5, 0.6) is 0 Å². The van der Waals surface area contributed by atoms with Crippen LogP contribution in [0.15, 0.2) is 34.1 Å². The van der Waals surface area contributed by atoms with E-state index >= 15 is 0 Å². The Balaban J connectivity index is 2.01. The molecular formula is C14H12N2O3S. The fourth-order valence-corrected chi connectivity index (χ4v) is 3.08. The molecule has 0 aliphatic carbocycles. The van der Waals surface area contributed by atoms with Gasteiger partial charge in [-0.2, -0.15) is 0 Å².